The van der Waals surface area contributed by atoms with Gasteiger partial charge in [0.05, 0.1) is 6.33 Å². The van der Waals surface area contributed by atoms with Crippen LogP contribution < -0.4 is 0 Å². The summed E-state index contributed by atoms with van der Waals surface area (Å²) in [6.07, 6.45) is 4.89. The molecule has 0 saturated heterocycles. The minimum Gasteiger partial charge on any atom is -0.483 e. The number of H-pyrrole nitrogens is 1. The highest BCUT2D eigenvalue weighted by Crippen LogP contribution is 2.49. The van der Waals surface area contributed by atoms with Gasteiger partial charge in [-0.15, -0.1) is 0 Å². The van der Waals surface area contributed by atoms with Crippen LogP contribution in [-0.4, -0.2) is 37.0 Å². The van der Waals surface area contributed by atoms with Crippen LogP contribution in [0, 0.1) is 12.8 Å². The minimum atomic E-state index is -2.50. The number of hydrogen-bond donors (Lipinski definition) is 2. The molecule has 0 radical (unpaired) electrons. The number of halogens is 2. The summed E-state index contributed by atoms with van der Waals surface area (Å²) < 4.78 is 27.5. The summed E-state index contributed by atoms with van der Waals surface area (Å²) in [6, 6.07) is 0. The molecule has 2 aromatic heterocycles. The molecule has 1 aliphatic rings. The maximum absolute atomic E-state index is 12.9. The molecule has 6 nitrogen and oxygen atoms in total. The van der Waals surface area contributed by atoms with Crippen LogP contribution in [0.5, 0.6) is 0 Å². The second-order valence-electron chi connectivity index (χ2n) is 4.55. The Hall–Kier alpha value is -2.25. The van der Waals surface area contributed by atoms with Crippen LogP contribution >= 0.6 is 0 Å². The molecular formula is C12H14F2N4O2. The van der Waals surface area contributed by atoms with E-state index < -0.39 is 11.8 Å². The zero-order valence-corrected chi connectivity index (χ0v) is 10.8. The number of carbonyl (C=O) groups is 1. The summed E-state index contributed by atoms with van der Waals surface area (Å²) in [5.41, 5.74) is 1.61. The highest BCUT2D eigenvalue weighted by atomic mass is 19.3. The minimum absolute atomic E-state index is 0.0236. The van der Waals surface area contributed by atoms with E-state index in [1.54, 1.807) is 23.3 Å². The number of rotatable bonds is 3. The molecule has 2 heterocycles. The Kier molecular flexibility index (Phi) is 3.82. The van der Waals surface area contributed by atoms with Crippen LogP contribution in [0.2, 0.25) is 0 Å². The number of nitrogens with zero attached hydrogens (tertiary/aromatic N) is 3. The third-order valence-corrected chi connectivity index (χ3v) is 3.13. The van der Waals surface area contributed by atoms with Crippen LogP contribution in [0.4, 0.5) is 8.78 Å². The van der Waals surface area contributed by atoms with Gasteiger partial charge in [0.1, 0.15) is 5.69 Å². The van der Waals surface area contributed by atoms with Gasteiger partial charge < -0.3 is 14.7 Å². The van der Waals surface area contributed by atoms with Gasteiger partial charge in [-0.3, -0.25) is 4.79 Å². The van der Waals surface area contributed by atoms with Gasteiger partial charge >= 0.3 is 0 Å². The molecule has 1 aliphatic carbocycles. The van der Waals surface area contributed by atoms with E-state index in [0.29, 0.717) is 12.4 Å². The molecule has 0 bridgehead atoms. The maximum atomic E-state index is 12.9. The van der Waals surface area contributed by atoms with Gasteiger partial charge in [-0.25, -0.2) is 18.7 Å². The van der Waals surface area contributed by atoms with E-state index in [4.69, 9.17) is 9.90 Å². The molecule has 0 amide bonds. The molecule has 8 heteroatoms. The van der Waals surface area contributed by atoms with Gasteiger partial charge in [0.25, 0.3) is 12.4 Å². The van der Waals surface area contributed by atoms with E-state index in [-0.39, 0.29) is 12.9 Å². The summed E-state index contributed by atoms with van der Waals surface area (Å²) in [6.45, 7) is 1.93. The summed E-state index contributed by atoms with van der Waals surface area (Å²) >= 11 is 0. The van der Waals surface area contributed by atoms with E-state index in [9.17, 15) is 8.78 Å². The number of aromatic nitrogens is 4. The number of alkyl halides is 2. The number of aromatic amines is 1. The molecule has 1 fully saturated rings. The number of nitrogens with one attached hydrogen (secondary N) is 1. The van der Waals surface area contributed by atoms with Crippen molar-refractivity contribution in [2.75, 3.05) is 0 Å². The molecule has 2 N–H and O–H groups in total. The molecule has 0 aliphatic heterocycles. The zero-order valence-electron chi connectivity index (χ0n) is 10.8. The van der Waals surface area contributed by atoms with E-state index in [0.717, 1.165) is 11.4 Å². The average molecular weight is 284 g/mol. The van der Waals surface area contributed by atoms with Gasteiger partial charge in [-0.1, -0.05) is 0 Å². The molecule has 20 heavy (non-hydrogen) atoms. The fraction of sp³-hybridized carbons (Fsp3) is 0.417. The van der Waals surface area contributed by atoms with Crippen molar-refractivity contribution >= 4 is 6.47 Å². The second kappa shape index (κ2) is 5.40. The molecule has 1 saturated carbocycles. The molecule has 0 spiro atoms. The van der Waals surface area contributed by atoms with E-state index in [1.165, 1.54) is 0 Å². The summed E-state index contributed by atoms with van der Waals surface area (Å²) in [7, 11) is 0. The second-order valence-corrected chi connectivity index (χ2v) is 4.55. The Balaban J connectivity index is 0.000000452. The Labute approximate surface area is 113 Å². The smallest absolute Gasteiger partial charge is 0.290 e. The first kappa shape index (κ1) is 14.2. The van der Waals surface area contributed by atoms with Crippen molar-refractivity contribution in [2.24, 2.45) is 5.92 Å². The van der Waals surface area contributed by atoms with E-state index in [2.05, 4.69) is 15.0 Å². The first-order valence-corrected chi connectivity index (χ1v) is 5.96. The van der Waals surface area contributed by atoms with Crippen molar-refractivity contribution in [1.29, 1.82) is 0 Å². The van der Waals surface area contributed by atoms with Crippen molar-refractivity contribution in [2.45, 2.75) is 25.8 Å². The standard InChI is InChI=1S/C11H12F2N4.CH2O2/c1-7-9(16-6-15-7)10-14-2-3-17(10)5-8-4-11(8,12)13;2-1-3/h2-3,6,8H,4-5H2,1H3,(H,15,16);1H,(H,2,3). The Morgan fingerprint density at radius 2 is 2.25 bits per heavy atom. The molecule has 1 atom stereocenters. The van der Waals surface area contributed by atoms with Gasteiger partial charge in [-0.05, 0) is 6.92 Å². The Morgan fingerprint density at radius 1 is 1.60 bits per heavy atom. The van der Waals surface area contributed by atoms with Crippen molar-refractivity contribution in [3.63, 3.8) is 0 Å². The Morgan fingerprint density at radius 3 is 2.75 bits per heavy atom. The number of carboxylic acid groups (broad SMARTS) is 1. The predicted molar refractivity (Wildman–Crippen MR) is 66.3 cm³/mol. The van der Waals surface area contributed by atoms with Crippen LogP contribution in [0.25, 0.3) is 11.5 Å². The number of imidazole rings is 2. The lowest BCUT2D eigenvalue weighted by Crippen LogP contribution is -2.06. The third-order valence-electron chi connectivity index (χ3n) is 3.13. The van der Waals surface area contributed by atoms with E-state index >= 15 is 0 Å². The molecular weight excluding hydrogens is 270 g/mol. The molecule has 0 aromatic carbocycles. The molecule has 3 rings (SSSR count). The number of hydrogen-bond acceptors (Lipinski definition) is 3. The third kappa shape index (κ3) is 2.84. The van der Waals surface area contributed by atoms with Gasteiger partial charge in [-0.2, -0.15) is 0 Å². The lowest BCUT2D eigenvalue weighted by atomic mass is 10.3. The maximum Gasteiger partial charge on any atom is 0.290 e. The summed E-state index contributed by atoms with van der Waals surface area (Å²) in [5, 5.41) is 6.89. The number of aryl methyl sites for hydroxylation is 1. The van der Waals surface area contributed by atoms with Gasteiger partial charge in [0.2, 0.25) is 0 Å². The van der Waals surface area contributed by atoms with Crippen LogP contribution in [0.1, 0.15) is 12.1 Å². The van der Waals surface area contributed by atoms with Crippen LogP contribution in [0.3, 0.4) is 0 Å². The SMILES string of the molecule is Cc1[nH]cnc1-c1nccn1CC1CC1(F)F.O=CO. The highest BCUT2D eigenvalue weighted by Gasteiger charge is 2.56. The Bertz CT molecular complexity index is 594. The fourth-order valence-corrected chi connectivity index (χ4v) is 1.96. The molecule has 2 aromatic rings. The monoisotopic (exact) mass is 284 g/mol. The highest BCUT2D eigenvalue weighted by molar-refractivity contribution is 5.52. The summed E-state index contributed by atoms with van der Waals surface area (Å²) in [5.74, 6) is -2.41. The zero-order chi connectivity index (χ0) is 14.8. The topological polar surface area (TPSA) is 83.8 Å². The lowest BCUT2D eigenvalue weighted by molar-refractivity contribution is -0.122. The van der Waals surface area contributed by atoms with Gasteiger partial charge in [0.15, 0.2) is 5.82 Å². The van der Waals surface area contributed by atoms with E-state index in [1.807, 2.05) is 6.92 Å². The largest absolute Gasteiger partial charge is 0.483 e. The average Bonchev–Trinajstić information content (AvgIpc) is 2.75. The first-order valence-electron chi connectivity index (χ1n) is 5.96. The van der Waals surface area contributed by atoms with Crippen molar-refractivity contribution in [3.8, 4) is 11.5 Å². The quantitative estimate of drug-likeness (QED) is 0.844. The van der Waals surface area contributed by atoms with Crippen LogP contribution in [-0.2, 0) is 11.3 Å². The molecule has 108 valence electrons. The van der Waals surface area contributed by atoms with Crippen LogP contribution in [0.15, 0.2) is 18.7 Å². The normalized spacial score (nSPS) is 19.1. The first-order chi connectivity index (χ1) is 9.49. The summed E-state index contributed by atoms with van der Waals surface area (Å²) in [4.78, 5) is 19.7. The lowest BCUT2D eigenvalue weighted by Gasteiger charge is -2.05. The fourth-order valence-electron chi connectivity index (χ4n) is 1.96. The van der Waals surface area contributed by atoms with Crippen molar-refractivity contribution in [3.05, 3.63) is 24.4 Å². The van der Waals surface area contributed by atoms with Gasteiger partial charge in [0, 0.05) is 37.0 Å². The molecule has 1 unspecified atom stereocenters. The van der Waals surface area contributed by atoms with Crippen molar-refractivity contribution < 1.29 is 18.7 Å². The van der Waals surface area contributed by atoms with Crippen molar-refractivity contribution in [1.82, 2.24) is 19.5 Å². The predicted octanol–water partition coefficient (Wildman–Crippen LogP) is 1.94.